The number of hydrogen-bond acceptors (Lipinski definition) is 5. The van der Waals surface area contributed by atoms with Crippen LogP contribution in [0.5, 0.6) is 0 Å². The highest BCUT2D eigenvalue weighted by Gasteiger charge is 2.24. The summed E-state index contributed by atoms with van der Waals surface area (Å²) in [4.78, 5) is 0. The van der Waals surface area contributed by atoms with Crippen molar-refractivity contribution < 1.29 is 0 Å². The molecule has 0 aliphatic heterocycles. The Morgan fingerprint density at radius 3 is 2.90 bits per heavy atom. The van der Waals surface area contributed by atoms with Crippen molar-refractivity contribution in [2.45, 2.75) is 42.1 Å². The zero-order chi connectivity index (χ0) is 14.7. The summed E-state index contributed by atoms with van der Waals surface area (Å²) >= 11 is 7.68. The number of benzene rings is 1. The van der Waals surface area contributed by atoms with E-state index < -0.39 is 0 Å². The third-order valence-corrected chi connectivity index (χ3v) is 5.28. The maximum atomic E-state index is 6.07. The van der Waals surface area contributed by atoms with Crippen molar-refractivity contribution in [3.8, 4) is 0 Å². The second kappa shape index (κ2) is 6.77. The zero-order valence-corrected chi connectivity index (χ0v) is 13.2. The van der Waals surface area contributed by atoms with Crippen LogP contribution in [0.2, 0.25) is 5.02 Å². The molecule has 1 unspecified atom stereocenters. The Balaban J connectivity index is 1.80. The molecule has 3 rings (SSSR count). The van der Waals surface area contributed by atoms with E-state index >= 15 is 0 Å². The Morgan fingerprint density at radius 2 is 2.19 bits per heavy atom. The first-order chi connectivity index (χ1) is 10.3. The van der Waals surface area contributed by atoms with Gasteiger partial charge in [0, 0.05) is 16.8 Å². The Hall–Kier alpha value is -1.11. The molecule has 1 aliphatic rings. The number of rotatable bonds is 5. The number of halogens is 1. The third-order valence-electron chi connectivity index (χ3n) is 3.82. The van der Waals surface area contributed by atoms with Crippen molar-refractivity contribution in [1.29, 1.82) is 0 Å². The van der Waals surface area contributed by atoms with Crippen LogP contribution in [0.4, 0.5) is 0 Å². The monoisotopic (exact) mass is 323 g/mol. The molecule has 5 nitrogen and oxygen atoms in total. The fourth-order valence-corrected chi connectivity index (χ4v) is 3.94. The molecule has 1 fully saturated rings. The van der Waals surface area contributed by atoms with Crippen molar-refractivity contribution >= 4 is 23.4 Å². The summed E-state index contributed by atoms with van der Waals surface area (Å²) in [5, 5.41) is 13.9. The number of aromatic nitrogens is 4. The van der Waals surface area contributed by atoms with Crippen molar-refractivity contribution in [1.82, 2.24) is 20.2 Å². The van der Waals surface area contributed by atoms with Crippen LogP contribution in [-0.2, 0) is 0 Å². The second-order valence-electron chi connectivity index (χ2n) is 5.24. The summed E-state index contributed by atoms with van der Waals surface area (Å²) in [7, 11) is 0. The van der Waals surface area contributed by atoms with E-state index in [1.807, 2.05) is 28.9 Å². The molecular formula is C14H18ClN5S. The summed E-state index contributed by atoms with van der Waals surface area (Å²) in [6, 6.07) is 8.24. The van der Waals surface area contributed by atoms with E-state index in [4.69, 9.17) is 17.3 Å². The lowest BCUT2D eigenvalue weighted by Crippen LogP contribution is -2.13. The average molecular weight is 324 g/mol. The molecule has 7 heteroatoms. The van der Waals surface area contributed by atoms with Gasteiger partial charge < -0.3 is 5.73 Å². The smallest absolute Gasteiger partial charge is 0.210 e. The first-order valence-corrected chi connectivity index (χ1v) is 8.43. The summed E-state index contributed by atoms with van der Waals surface area (Å²) < 4.78 is 1.96. The van der Waals surface area contributed by atoms with Gasteiger partial charge in [-0.1, -0.05) is 48.3 Å². The normalized spacial score (nSPS) is 17.2. The number of nitrogens with zero attached hydrogens (tertiary/aromatic N) is 4. The predicted octanol–water partition coefficient (Wildman–Crippen LogP) is 3.23. The SMILES string of the molecule is NCC(Sc1nnnn1C1CCCC1)c1cccc(Cl)c1. The van der Waals surface area contributed by atoms with E-state index in [1.165, 1.54) is 12.8 Å². The third kappa shape index (κ3) is 3.39. The standard InChI is InChI=1S/C14H18ClN5S/c15-11-5-3-4-10(8-11)13(9-16)21-14-17-18-19-20(14)12-6-1-2-7-12/h3-5,8,12-13H,1-2,6-7,9,16H2. The lowest BCUT2D eigenvalue weighted by Gasteiger charge is -2.16. The molecule has 0 spiro atoms. The van der Waals surface area contributed by atoms with E-state index in [-0.39, 0.29) is 5.25 Å². The molecule has 1 aromatic heterocycles. The maximum absolute atomic E-state index is 6.07. The molecule has 0 radical (unpaired) electrons. The Morgan fingerprint density at radius 1 is 1.38 bits per heavy atom. The van der Waals surface area contributed by atoms with E-state index in [2.05, 4.69) is 15.5 Å². The average Bonchev–Trinajstić information content (AvgIpc) is 3.15. The van der Waals surface area contributed by atoms with Crippen molar-refractivity contribution in [2.24, 2.45) is 5.73 Å². The van der Waals surface area contributed by atoms with Gasteiger partial charge in [0.15, 0.2) is 0 Å². The molecule has 0 bridgehead atoms. The molecule has 0 amide bonds. The fraction of sp³-hybridized carbons (Fsp3) is 0.500. The molecule has 21 heavy (non-hydrogen) atoms. The van der Waals surface area contributed by atoms with Gasteiger partial charge in [0.25, 0.3) is 0 Å². The van der Waals surface area contributed by atoms with Crippen LogP contribution in [-0.4, -0.2) is 26.8 Å². The van der Waals surface area contributed by atoms with E-state index in [9.17, 15) is 0 Å². The topological polar surface area (TPSA) is 69.6 Å². The molecule has 1 aromatic carbocycles. The van der Waals surface area contributed by atoms with Crippen molar-refractivity contribution in [2.75, 3.05) is 6.54 Å². The Bertz CT molecular complexity index is 597. The van der Waals surface area contributed by atoms with Gasteiger partial charge in [-0.25, -0.2) is 4.68 Å². The molecular weight excluding hydrogens is 306 g/mol. The van der Waals surface area contributed by atoms with Gasteiger partial charge in [-0.3, -0.25) is 0 Å². The number of tetrazole rings is 1. The summed E-state index contributed by atoms with van der Waals surface area (Å²) in [6.07, 6.45) is 4.82. The summed E-state index contributed by atoms with van der Waals surface area (Å²) in [5.41, 5.74) is 7.04. The van der Waals surface area contributed by atoms with Crippen LogP contribution in [0.15, 0.2) is 29.4 Å². The zero-order valence-electron chi connectivity index (χ0n) is 11.7. The maximum Gasteiger partial charge on any atom is 0.210 e. The highest BCUT2D eigenvalue weighted by Crippen LogP contribution is 2.37. The molecule has 1 heterocycles. The van der Waals surface area contributed by atoms with Crippen LogP contribution in [0.25, 0.3) is 0 Å². The number of nitrogens with two attached hydrogens (primary N) is 1. The molecule has 0 saturated heterocycles. The summed E-state index contributed by atoms with van der Waals surface area (Å²) in [5.74, 6) is 0. The quantitative estimate of drug-likeness (QED) is 0.855. The molecule has 1 saturated carbocycles. The van der Waals surface area contributed by atoms with Gasteiger partial charge >= 0.3 is 0 Å². The van der Waals surface area contributed by atoms with Crippen molar-refractivity contribution in [3.63, 3.8) is 0 Å². The Labute approximate surface area is 133 Å². The number of thioether (sulfide) groups is 1. The van der Waals surface area contributed by atoms with Gasteiger partial charge in [-0.2, -0.15) is 0 Å². The van der Waals surface area contributed by atoms with Gasteiger partial charge in [0.05, 0.1) is 6.04 Å². The fourth-order valence-electron chi connectivity index (χ4n) is 2.73. The molecule has 1 aliphatic carbocycles. The predicted molar refractivity (Wildman–Crippen MR) is 84.4 cm³/mol. The number of hydrogen-bond donors (Lipinski definition) is 1. The van der Waals surface area contributed by atoms with Crippen LogP contribution in [0.3, 0.4) is 0 Å². The lowest BCUT2D eigenvalue weighted by atomic mass is 10.1. The van der Waals surface area contributed by atoms with E-state index in [0.29, 0.717) is 12.6 Å². The molecule has 2 N–H and O–H groups in total. The molecule has 112 valence electrons. The second-order valence-corrected chi connectivity index (χ2v) is 6.85. The summed E-state index contributed by atoms with van der Waals surface area (Å²) in [6.45, 7) is 0.516. The van der Waals surface area contributed by atoms with Crippen LogP contribution < -0.4 is 5.73 Å². The van der Waals surface area contributed by atoms with Gasteiger partial charge in [-0.05, 0) is 41.0 Å². The highest BCUT2D eigenvalue weighted by molar-refractivity contribution is 7.99. The first-order valence-electron chi connectivity index (χ1n) is 7.18. The van der Waals surface area contributed by atoms with Gasteiger partial charge in [-0.15, -0.1) is 5.10 Å². The molecule has 1 atom stereocenters. The minimum atomic E-state index is 0.106. The minimum Gasteiger partial charge on any atom is -0.329 e. The van der Waals surface area contributed by atoms with Crippen LogP contribution in [0, 0.1) is 0 Å². The largest absolute Gasteiger partial charge is 0.329 e. The lowest BCUT2D eigenvalue weighted by molar-refractivity contribution is 0.422. The minimum absolute atomic E-state index is 0.106. The molecule has 2 aromatic rings. The Kier molecular flexibility index (Phi) is 4.77. The van der Waals surface area contributed by atoms with Crippen molar-refractivity contribution in [3.05, 3.63) is 34.9 Å². The van der Waals surface area contributed by atoms with E-state index in [0.717, 1.165) is 28.6 Å². The van der Waals surface area contributed by atoms with Crippen LogP contribution >= 0.6 is 23.4 Å². The first kappa shape index (κ1) is 14.8. The van der Waals surface area contributed by atoms with Crippen LogP contribution in [0.1, 0.15) is 42.5 Å². The van der Waals surface area contributed by atoms with Gasteiger partial charge in [0.2, 0.25) is 5.16 Å². The van der Waals surface area contributed by atoms with Gasteiger partial charge in [0.1, 0.15) is 0 Å². The highest BCUT2D eigenvalue weighted by atomic mass is 35.5. The van der Waals surface area contributed by atoms with E-state index in [1.54, 1.807) is 11.8 Å².